The van der Waals surface area contributed by atoms with Crippen molar-refractivity contribution in [2.75, 3.05) is 4.90 Å². The fourth-order valence-electron chi connectivity index (χ4n) is 3.92. The van der Waals surface area contributed by atoms with Crippen LogP contribution in [0.5, 0.6) is 0 Å². The van der Waals surface area contributed by atoms with Crippen molar-refractivity contribution in [2.24, 2.45) is 0 Å². The van der Waals surface area contributed by atoms with E-state index in [2.05, 4.69) is 6.07 Å². The fraction of sp³-hybridized carbons (Fsp3) is 0.107. The average Bonchev–Trinajstić information content (AvgIpc) is 3.17. The highest BCUT2D eigenvalue weighted by Crippen LogP contribution is 2.26. The monoisotopic (exact) mass is 449 g/mol. The summed E-state index contributed by atoms with van der Waals surface area (Å²) in [4.78, 5) is 26.5. The first-order valence-corrected chi connectivity index (χ1v) is 10.8. The minimum atomic E-state index is -0.969. The number of aliphatic carboxylic acids is 1. The zero-order chi connectivity index (χ0) is 24.1. The Morgan fingerprint density at radius 1 is 1.03 bits per heavy atom. The van der Waals surface area contributed by atoms with Crippen molar-refractivity contribution in [3.63, 3.8) is 0 Å². The van der Waals surface area contributed by atoms with Gasteiger partial charge in [0, 0.05) is 28.4 Å². The van der Waals surface area contributed by atoms with Crippen molar-refractivity contribution >= 4 is 34.5 Å². The molecule has 0 fully saturated rings. The highest BCUT2D eigenvalue weighted by Gasteiger charge is 2.21. The zero-order valence-electron chi connectivity index (χ0n) is 18.7. The minimum Gasteiger partial charge on any atom is -0.480 e. The molecule has 0 saturated heterocycles. The van der Waals surface area contributed by atoms with Crippen LogP contribution in [0.25, 0.3) is 17.0 Å². The summed E-state index contributed by atoms with van der Waals surface area (Å²) in [5.74, 6) is -1.40. The van der Waals surface area contributed by atoms with Crippen molar-refractivity contribution in [1.29, 1.82) is 5.26 Å². The first-order valence-electron chi connectivity index (χ1n) is 10.8. The van der Waals surface area contributed by atoms with E-state index in [0.29, 0.717) is 17.8 Å². The van der Waals surface area contributed by atoms with Gasteiger partial charge in [-0.05, 0) is 42.3 Å². The lowest BCUT2D eigenvalue weighted by Gasteiger charge is -2.22. The molecule has 0 unspecified atom stereocenters. The van der Waals surface area contributed by atoms with Gasteiger partial charge in [-0.2, -0.15) is 5.26 Å². The summed E-state index contributed by atoms with van der Waals surface area (Å²) in [6.45, 7) is 2.02. The van der Waals surface area contributed by atoms with Crippen molar-refractivity contribution in [2.45, 2.75) is 20.0 Å². The van der Waals surface area contributed by atoms with Crippen molar-refractivity contribution < 1.29 is 14.7 Å². The maximum Gasteiger partial charge on any atom is 0.323 e. The Hall–Kier alpha value is -4.63. The maximum atomic E-state index is 13.6. The Morgan fingerprint density at radius 3 is 2.35 bits per heavy atom. The number of anilines is 1. The Bertz CT molecular complexity index is 1410. The van der Waals surface area contributed by atoms with Crippen LogP contribution < -0.4 is 4.90 Å². The lowest BCUT2D eigenvalue weighted by atomic mass is 10.1. The molecule has 0 aliphatic carbocycles. The summed E-state index contributed by atoms with van der Waals surface area (Å²) in [7, 11) is 0. The third-order valence-electron chi connectivity index (χ3n) is 5.52. The highest BCUT2D eigenvalue weighted by atomic mass is 16.4. The number of benzene rings is 3. The number of aromatic nitrogens is 1. The summed E-state index contributed by atoms with van der Waals surface area (Å²) in [6.07, 6.45) is 3.21. The van der Waals surface area contributed by atoms with Crippen LogP contribution in [0, 0.1) is 18.3 Å². The number of hydrogen-bond acceptors (Lipinski definition) is 3. The van der Waals surface area contributed by atoms with Crippen LogP contribution >= 0.6 is 0 Å². The predicted molar refractivity (Wildman–Crippen MR) is 132 cm³/mol. The highest BCUT2D eigenvalue weighted by molar-refractivity contribution is 6.12. The molecule has 1 aromatic heterocycles. The second-order valence-electron chi connectivity index (χ2n) is 8.01. The summed E-state index contributed by atoms with van der Waals surface area (Å²) in [5.41, 5.74) is 3.93. The van der Waals surface area contributed by atoms with Gasteiger partial charge >= 0.3 is 5.97 Å². The number of fused-ring (bicyclic) bond motifs is 1. The van der Waals surface area contributed by atoms with Crippen LogP contribution in [0.1, 0.15) is 16.7 Å². The number of aryl methyl sites for hydroxylation is 1. The lowest BCUT2D eigenvalue weighted by Crippen LogP contribution is -2.31. The molecule has 0 saturated carbocycles. The van der Waals surface area contributed by atoms with Gasteiger partial charge in [-0.1, -0.05) is 60.7 Å². The summed E-state index contributed by atoms with van der Waals surface area (Å²) < 4.78 is 1.62. The Balaban J connectivity index is 1.77. The van der Waals surface area contributed by atoms with Crippen LogP contribution in [0.3, 0.4) is 0 Å². The van der Waals surface area contributed by atoms with Crippen molar-refractivity contribution in [3.8, 4) is 6.07 Å². The van der Waals surface area contributed by atoms with Gasteiger partial charge in [-0.25, -0.2) is 0 Å². The van der Waals surface area contributed by atoms with Gasteiger partial charge in [-0.3, -0.25) is 9.59 Å². The molecule has 4 aromatic rings. The molecule has 0 aliphatic rings. The van der Waals surface area contributed by atoms with Gasteiger partial charge in [0.05, 0.1) is 6.54 Å². The van der Waals surface area contributed by atoms with Crippen LogP contribution in [0.15, 0.2) is 90.6 Å². The second-order valence-corrected chi connectivity index (χ2v) is 8.01. The zero-order valence-corrected chi connectivity index (χ0v) is 18.7. The first-order chi connectivity index (χ1) is 16.5. The Labute approximate surface area is 197 Å². The second kappa shape index (κ2) is 9.88. The number of carboxylic acid groups (broad SMARTS) is 1. The molecule has 0 atom stereocenters. The van der Waals surface area contributed by atoms with E-state index in [1.165, 1.54) is 0 Å². The molecule has 0 aliphatic heterocycles. The molecular formula is C28H23N3O3. The molecule has 6 nitrogen and oxygen atoms in total. The SMILES string of the molecule is Cc1ccc2c(C=C(C#N)C(=O)N(Cc3ccccc3)c3ccccc3)cn(CC(=O)O)c2c1. The van der Waals surface area contributed by atoms with E-state index >= 15 is 0 Å². The van der Waals surface area contributed by atoms with Crippen LogP contribution in [0.2, 0.25) is 0 Å². The van der Waals surface area contributed by atoms with Crippen LogP contribution in [-0.2, 0) is 22.7 Å². The van der Waals surface area contributed by atoms with E-state index in [1.807, 2.05) is 85.8 Å². The molecule has 0 spiro atoms. The minimum absolute atomic E-state index is 0.0327. The van der Waals surface area contributed by atoms with Crippen molar-refractivity contribution in [3.05, 3.63) is 107 Å². The largest absolute Gasteiger partial charge is 0.480 e. The van der Waals surface area contributed by atoms with E-state index in [0.717, 1.165) is 22.0 Å². The number of hydrogen-bond donors (Lipinski definition) is 1. The number of nitrogens with zero attached hydrogens (tertiary/aromatic N) is 3. The standard InChI is InChI=1S/C28H23N3O3/c1-20-12-13-25-23(18-30(19-27(32)33)26(25)14-20)15-22(16-29)28(34)31(24-10-6-3-7-11-24)17-21-8-4-2-5-9-21/h2-15,18H,17,19H2,1H3,(H,32,33). The van der Waals surface area contributed by atoms with E-state index in [9.17, 15) is 20.0 Å². The molecule has 1 amide bonds. The molecular weight excluding hydrogens is 426 g/mol. The number of carboxylic acids is 1. The summed E-state index contributed by atoms with van der Waals surface area (Å²) in [5, 5.41) is 20.0. The van der Waals surface area contributed by atoms with Gasteiger partial charge in [0.2, 0.25) is 0 Å². The third kappa shape index (κ3) is 4.89. The quantitative estimate of drug-likeness (QED) is 0.311. The molecule has 1 N–H and O–H groups in total. The number of carbonyl (C=O) groups excluding carboxylic acids is 1. The predicted octanol–water partition coefficient (Wildman–Crippen LogP) is 5.17. The van der Waals surface area contributed by atoms with E-state index in [1.54, 1.807) is 21.7 Å². The van der Waals surface area contributed by atoms with Gasteiger partial charge in [0.1, 0.15) is 18.2 Å². The molecule has 3 aromatic carbocycles. The molecule has 0 bridgehead atoms. The Morgan fingerprint density at radius 2 is 1.71 bits per heavy atom. The van der Waals surface area contributed by atoms with Crippen molar-refractivity contribution in [1.82, 2.24) is 4.57 Å². The van der Waals surface area contributed by atoms with Gasteiger partial charge in [-0.15, -0.1) is 0 Å². The van der Waals surface area contributed by atoms with E-state index in [-0.39, 0.29) is 12.1 Å². The molecule has 0 radical (unpaired) electrons. The van der Waals surface area contributed by atoms with Gasteiger partial charge in [0.25, 0.3) is 5.91 Å². The molecule has 4 rings (SSSR count). The number of carbonyl (C=O) groups is 2. The van der Waals surface area contributed by atoms with E-state index < -0.39 is 11.9 Å². The molecule has 168 valence electrons. The molecule has 6 heteroatoms. The fourth-order valence-corrected chi connectivity index (χ4v) is 3.92. The number of rotatable bonds is 7. The number of nitriles is 1. The van der Waals surface area contributed by atoms with Crippen LogP contribution in [-0.4, -0.2) is 21.6 Å². The summed E-state index contributed by atoms with van der Waals surface area (Å²) in [6, 6.07) is 26.6. The van der Waals surface area contributed by atoms with E-state index in [4.69, 9.17) is 0 Å². The normalized spacial score (nSPS) is 11.2. The maximum absolute atomic E-state index is 13.6. The Kier molecular flexibility index (Phi) is 6.56. The van der Waals surface area contributed by atoms with Crippen LogP contribution in [0.4, 0.5) is 5.69 Å². The average molecular weight is 450 g/mol. The van der Waals surface area contributed by atoms with Gasteiger partial charge in [0.15, 0.2) is 0 Å². The van der Waals surface area contributed by atoms with Gasteiger partial charge < -0.3 is 14.6 Å². The topological polar surface area (TPSA) is 86.3 Å². The molecule has 34 heavy (non-hydrogen) atoms. The lowest BCUT2D eigenvalue weighted by molar-refractivity contribution is -0.137. The summed E-state index contributed by atoms with van der Waals surface area (Å²) >= 11 is 0. The smallest absolute Gasteiger partial charge is 0.323 e. The number of para-hydroxylation sites is 1. The third-order valence-corrected chi connectivity index (χ3v) is 5.52. The first kappa shape index (κ1) is 22.6. The number of amides is 1. The molecule has 1 heterocycles.